The summed E-state index contributed by atoms with van der Waals surface area (Å²) in [6.45, 7) is 3.66. The number of fused-ring (bicyclic) bond motifs is 1. The van der Waals surface area contributed by atoms with Crippen molar-refractivity contribution in [2.45, 2.75) is 26.4 Å². The van der Waals surface area contributed by atoms with Crippen LogP contribution in [0.15, 0.2) is 24.3 Å². The highest BCUT2D eigenvalue weighted by Gasteiger charge is 2.24. The van der Waals surface area contributed by atoms with Crippen molar-refractivity contribution in [1.82, 2.24) is 20.0 Å². The summed E-state index contributed by atoms with van der Waals surface area (Å²) in [6.07, 6.45) is 0.832. The molecule has 0 radical (unpaired) electrons. The minimum atomic E-state index is -0.273. The van der Waals surface area contributed by atoms with Gasteiger partial charge in [-0.15, -0.1) is 0 Å². The molecule has 2 aromatic rings. The van der Waals surface area contributed by atoms with Gasteiger partial charge in [0.2, 0.25) is 0 Å². The number of aryl methyl sites for hydroxylation is 2. The zero-order valence-corrected chi connectivity index (χ0v) is 12.8. The summed E-state index contributed by atoms with van der Waals surface area (Å²) in [6, 6.07) is 6.04. The molecule has 1 aliphatic rings. The molecule has 3 rings (SSSR count). The Balaban J connectivity index is 1.62. The summed E-state index contributed by atoms with van der Waals surface area (Å²) in [5.74, 6) is -0.273. The number of aromatic nitrogens is 2. The number of benzene rings is 1. The predicted octanol–water partition coefficient (Wildman–Crippen LogP) is 2.14. The Labute approximate surface area is 128 Å². The molecule has 2 amide bonds. The van der Waals surface area contributed by atoms with Crippen LogP contribution in [0.5, 0.6) is 0 Å². The first-order valence-electron chi connectivity index (χ1n) is 7.33. The molecule has 6 heteroatoms. The summed E-state index contributed by atoms with van der Waals surface area (Å²) in [4.78, 5) is 14.1. The third kappa shape index (κ3) is 2.81. The van der Waals surface area contributed by atoms with Crippen LogP contribution in [0.4, 0.5) is 9.18 Å². The van der Waals surface area contributed by atoms with Gasteiger partial charge in [0, 0.05) is 20.1 Å². The molecular weight excluding hydrogens is 283 g/mol. The third-order valence-corrected chi connectivity index (χ3v) is 4.09. The van der Waals surface area contributed by atoms with Gasteiger partial charge in [-0.25, -0.2) is 9.18 Å². The van der Waals surface area contributed by atoms with E-state index >= 15 is 0 Å². The number of rotatable bonds is 2. The number of hydrogen-bond acceptors (Lipinski definition) is 2. The maximum Gasteiger partial charge on any atom is 0.318 e. The highest BCUT2D eigenvalue weighted by molar-refractivity contribution is 5.74. The lowest BCUT2D eigenvalue weighted by Gasteiger charge is -2.27. The topological polar surface area (TPSA) is 50.2 Å². The van der Waals surface area contributed by atoms with E-state index < -0.39 is 0 Å². The minimum absolute atomic E-state index is 0.103. The van der Waals surface area contributed by atoms with Crippen LogP contribution in [0.3, 0.4) is 0 Å². The number of nitrogens with one attached hydrogen (secondary N) is 1. The molecule has 0 saturated carbocycles. The standard InChI is InChI=1S/C16H19FN4O/c1-11-14-7-8-21(10-15(14)20(2)19-11)16(22)18-9-12-3-5-13(17)6-4-12/h3-6H,7-10H2,1-2H3,(H,18,22). The van der Waals surface area contributed by atoms with E-state index in [1.54, 1.807) is 17.0 Å². The monoisotopic (exact) mass is 302 g/mol. The largest absolute Gasteiger partial charge is 0.334 e. The summed E-state index contributed by atoms with van der Waals surface area (Å²) in [5.41, 5.74) is 4.28. The molecule has 0 spiro atoms. The van der Waals surface area contributed by atoms with E-state index in [-0.39, 0.29) is 11.8 Å². The summed E-state index contributed by atoms with van der Waals surface area (Å²) in [7, 11) is 1.91. The van der Waals surface area contributed by atoms with Gasteiger partial charge in [-0.1, -0.05) is 12.1 Å². The van der Waals surface area contributed by atoms with Gasteiger partial charge in [0.05, 0.1) is 17.9 Å². The predicted molar refractivity (Wildman–Crippen MR) is 80.7 cm³/mol. The zero-order valence-electron chi connectivity index (χ0n) is 12.8. The zero-order chi connectivity index (χ0) is 15.7. The van der Waals surface area contributed by atoms with Gasteiger partial charge < -0.3 is 10.2 Å². The maximum atomic E-state index is 12.9. The van der Waals surface area contributed by atoms with Crippen LogP contribution in [0.25, 0.3) is 0 Å². The lowest BCUT2D eigenvalue weighted by Crippen LogP contribution is -2.42. The van der Waals surface area contributed by atoms with Gasteiger partial charge in [0.15, 0.2) is 0 Å². The van der Waals surface area contributed by atoms with Crippen LogP contribution in [-0.2, 0) is 26.6 Å². The number of urea groups is 1. The van der Waals surface area contributed by atoms with Crippen LogP contribution in [-0.4, -0.2) is 27.3 Å². The number of carbonyl (C=O) groups excluding carboxylic acids is 1. The van der Waals surface area contributed by atoms with Crippen LogP contribution < -0.4 is 5.32 Å². The number of hydrogen-bond donors (Lipinski definition) is 1. The van der Waals surface area contributed by atoms with Crippen molar-refractivity contribution in [2.75, 3.05) is 6.54 Å². The van der Waals surface area contributed by atoms with Crippen LogP contribution in [0, 0.1) is 12.7 Å². The molecule has 0 atom stereocenters. The molecule has 116 valence electrons. The highest BCUT2D eigenvalue weighted by Crippen LogP contribution is 2.21. The summed E-state index contributed by atoms with van der Waals surface area (Å²) in [5, 5.41) is 7.29. The number of carbonyl (C=O) groups is 1. The highest BCUT2D eigenvalue weighted by atomic mass is 19.1. The molecule has 0 bridgehead atoms. The summed E-state index contributed by atoms with van der Waals surface area (Å²) >= 11 is 0. The van der Waals surface area contributed by atoms with E-state index in [0.29, 0.717) is 19.6 Å². The minimum Gasteiger partial charge on any atom is -0.334 e. The van der Waals surface area contributed by atoms with Crippen molar-refractivity contribution >= 4 is 6.03 Å². The molecule has 0 saturated heterocycles. The molecule has 0 aliphatic carbocycles. The van der Waals surface area contributed by atoms with Gasteiger partial charge in [-0.2, -0.15) is 5.10 Å². The number of nitrogens with zero attached hydrogens (tertiary/aromatic N) is 3. The maximum absolute atomic E-state index is 12.9. The Morgan fingerprint density at radius 1 is 1.36 bits per heavy atom. The Morgan fingerprint density at radius 2 is 2.09 bits per heavy atom. The molecule has 1 aliphatic heterocycles. The molecule has 1 aromatic heterocycles. The van der Waals surface area contributed by atoms with Gasteiger partial charge in [-0.3, -0.25) is 4.68 Å². The first-order chi connectivity index (χ1) is 10.5. The van der Waals surface area contributed by atoms with Crippen LogP contribution >= 0.6 is 0 Å². The van der Waals surface area contributed by atoms with E-state index in [1.807, 2.05) is 18.7 Å². The van der Waals surface area contributed by atoms with Crippen molar-refractivity contribution in [3.05, 3.63) is 52.6 Å². The van der Waals surface area contributed by atoms with Gasteiger partial charge in [0.25, 0.3) is 0 Å². The summed E-state index contributed by atoms with van der Waals surface area (Å²) < 4.78 is 14.7. The van der Waals surface area contributed by atoms with Gasteiger partial charge in [-0.05, 0) is 36.6 Å². The fourth-order valence-electron chi connectivity index (χ4n) is 2.84. The second kappa shape index (κ2) is 5.79. The molecule has 0 fully saturated rings. The van der Waals surface area contributed by atoms with Crippen molar-refractivity contribution in [1.29, 1.82) is 0 Å². The smallest absolute Gasteiger partial charge is 0.318 e. The van der Waals surface area contributed by atoms with E-state index in [0.717, 1.165) is 23.4 Å². The average molecular weight is 302 g/mol. The molecule has 2 heterocycles. The van der Waals surface area contributed by atoms with E-state index in [1.165, 1.54) is 17.7 Å². The average Bonchev–Trinajstić information content (AvgIpc) is 2.81. The molecule has 22 heavy (non-hydrogen) atoms. The fourth-order valence-corrected chi connectivity index (χ4v) is 2.84. The van der Waals surface area contributed by atoms with Gasteiger partial charge >= 0.3 is 6.03 Å². The van der Waals surface area contributed by atoms with Crippen molar-refractivity contribution in [3.63, 3.8) is 0 Å². The normalized spacial score (nSPS) is 13.9. The molecule has 1 N–H and O–H groups in total. The first kappa shape index (κ1) is 14.6. The molecule has 0 unspecified atom stereocenters. The van der Waals surface area contributed by atoms with Crippen molar-refractivity contribution < 1.29 is 9.18 Å². The van der Waals surface area contributed by atoms with E-state index in [2.05, 4.69) is 10.4 Å². The second-order valence-corrected chi connectivity index (χ2v) is 5.59. The van der Waals surface area contributed by atoms with Crippen LogP contribution in [0.2, 0.25) is 0 Å². The lowest BCUT2D eigenvalue weighted by molar-refractivity contribution is 0.190. The van der Waals surface area contributed by atoms with Crippen molar-refractivity contribution in [2.24, 2.45) is 7.05 Å². The lowest BCUT2D eigenvalue weighted by atomic mass is 10.1. The Morgan fingerprint density at radius 3 is 2.82 bits per heavy atom. The Bertz CT molecular complexity index is 693. The SMILES string of the molecule is Cc1nn(C)c2c1CCN(C(=O)NCc1ccc(F)cc1)C2. The van der Waals surface area contributed by atoms with Crippen molar-refractivity contribution in [3.8, 4) is 0 Å². The molecule has 5 nitrogen and oxygen atoms in total. The Kier molecular flexibility index (Phi) is 3.83. The second-order valence-electron chi connectivity index (χ2n) is 5.59. The van der Waals surface area contributed by atoms with Crippen LogP contribution in [0.1, 0.15) is 22.5 Å². The fraction of sp³-hybridized carbons (Fsp3) is 0.375. The number of amides is 2. The molecule has 1 aromatic carbocycles. The first-order valence-corrected chi connectivity index (χ1v) is 7.33. The Hall–Kier alpha value is -2.37. The number of halogens is 1. The van der Waals surface area contributed by atoms with E-state index in [9.17, 15) is 9.18 Å². The quantitative estimate of drug-likeness (QED) is 0.924. The van der Waals surface area contributed by atoms with Gasteiger partial charge in [0.1, 0.15) is 5.82 Å². The van der Waals surface area contributed by atoms with E-state index in [4.69, 9.17) is 0 Å². The third-order valence-electron chi connectivity index (χ3n) is 4.09. The molecular formula is C16H19FN4O.